The summed E-state index contributed by atoms with van der Waals surface area (Å²) in [6.45, 7) is 0.485. The molecule has 110 valence electrons. The minimum Gasteiger partial charge on any atom is -0.489 e. The Morgan fingerprint density at radius 3 is 2.41 bits per heavy atom. The Labute approximate surface area is 129 Å². The van der Waals surface area contributed by atoms with E-state index in [-0.39, 0.29) is 5.97 Å². The van der Waals surface area contributed by atoms with Crippen molar-refractivity contribution in [2.24, 2.45) is 0 Å². The summed E-state index contributed by atoms with van der Waals surface area (Å²) in [4.78, 5) is 11.4. The van der Waals surface area contributed by atoms with E-state index in [2.05, 4.69) is 29.0 Å². The minimum atomic E-state index is -0.347. The van der Waals surface area contributed by atoms with Crippen molar-refractivity contribution in [2.45, 2.75) is 6.61 Å². The zero-order valence-electron chi connectivity index (χ0n) is 12.3. The number of carbonyl (C=O) groups excluding carboxylic acids is 1. The Bertz CT molecular complexity index is 786. The molecule has 0 atom stereocenters. The minimum absolute atomic E-state index is 0.347. The molecule has 0 aliphatic rings. The lowest BCUT2D eigenvalue weighted by atomic mass is 10.1. The first-order valence-corrected chi connectivity index (χ1v) is 7.06. The summed E-state index contributed by atoms with van der Waals surface area (Å²) in [5, 5.41) is 2.39. The third-order valence-electron chi connectivity index (χ3n) is 3.55. The molecule has 22 heavy (non-hydrogen) atoms. The lowest BCUT2D eigenvalue weighted by molar-refractivity contribution is 0.0600. The second-order valence-corrected chi connectivity index (χ2v) is 4.94. The van der Waals surface area contributed by atoms with Gasteiger partial charge in [0.2, 0.25) is 0 Å². The summed E-state index contributed by atoms with van der Waals surface area (Å²) < 4.78 is 10.5. The maximum Gasteiger partial charge on any atom is 0.337 e. The summed E-state index contributed by atoms with van der Waals surface area (Å²) in [6, 6.07) is 21.4. The van der Waals surface area contributed by atoms with E-state index in [4.69, 9.17) is 4.74 Å². The highest BCUT2D eigenvalue weighted by molar-refractivity contribution is 5.89. The molecule has 3 nitrogen and oxygen atoms in total. The third kappa shape index (κ3) is 2.93. The number of ether oxygens (including phenoxy) is 2. The van der Waals surface area contributed by atoms with Crippen molar-refractivity contribution in [1.82, 2.24) is 0 Å². The molecule has 0 heterocycles. The van der Waals surface area contributed by atoms with Crippen LogP contribution in [0.5, 0.6) is 5.75 Å². The van der Waals surface area contributed by atoms with Gasteiger partial charge in [-0.3, -0.25) is 0 Å². The van der Waals surface area contributed by atoms with Crippen LogP contribution in [0.15, 0.2) is 66.7 Å². The largest absolute Gasteiger partial charge is 0.489 e. The molecule has 0 amide bonds. The zero-order chi connectivity index (χ0) is 15.4. The highest BCUT2D eigenvalue weighted by Crippen LogP contribution is 2.21. The Morgan fingerprint density at radius 2 is 1.64 bits per heavy atom. The number of fused-ring (bicyclic) bond motifs is 1. The molecular weight excluding hydrogens is 276 g/mol. The van der Waals surface area contributed by atoms with Crippen molar-refractivity contribution in [1.29, 1.82) is 0 Å². The van der Waals surface area contributed by atoms with E-state index in [0.717, 1.165) is 11.3 Å². The van der Waals surface area contributed by atoms with Crippen molar-refractivity contribution in [3.8, 4) is 5.75 Å². The van der Waals surface area contributed by atoms with E-state index >= 15 is 0 Å². The van der Waals surface area contributed by atoms with Gasteiger partial charge in [-0.05, 0) is 40.6 Å². The van der Waals surface area contributed by atoms with Crippen LogP contribution in [0.4, 0.5) is 0 Å². The van der Waals surface area contributed by atoms with Crippen molar-refractivity contribution in [2.75, 3.05) is 7.11 Å². The van der Waals surface area contributed by atoms with Gasteiger partial charge in [0.15, 0.2) is 0 Å². The van der Waals surface area contributed by atoms with Crippen molar-refractivity contribution >= 4 is 16.7 Å². The van der Waals surface area contributed by atoms with Gasteiger partial charge in [-0.25, -0.2) is 4.79 Å². The number of hydrogen-bond acceptors (Lipinski definition) is 3. The molecule has 3 heteroatoms. The molecule has 0 radical (unpaired) electrons. The van der Waals surface area contributed by atoms with Gasteiger partial charge in [-0.2, -0.15) is 0 Å². The van der Waals surface area contributed by atoms with E-state index in [0.29, 0.717) is 12.2 Å². The molecule has 0 saturated heterocycles. The Morgan fingerprint density at radius 1 is 0.909 bits per heavy atom. The molecular formula is C19H16O3. The molecule has 0 aliphatic heterocycles. The highest BCUT2D eigenvalue weighted by atomic mass is 16.5. The number of esters is 1. The highest BCUT2D eigenvalue weighted by Gasteiger charge is 2.05. The molecule has 3 aromatic carbocycles. The first-order valence-electron chi connectivity index (χ1n) is 7.06. The van der Waals surface area contributed by atoms with Gasteiger partial charge >= 0.3 is 5.97 Å². The molecule has 3 aromatic rings. The number of rotatable bonds is 4. The van der Waals surface area contributed by atoms with Crippen LogP contribution in [0.1, 0.15) is 15.9 Å². The first-order chi connectivity index (χ1) is 10.8. The molecule has 0 fully saturated rings. The molecule has 0 unspecified atom stereocenters. The molecule has 0 aliphatic carbocycles. The van der Waals surface area contributed by atoms with Crippen molar-refractivity contribution in [3.05, 3.63) is 77.9 Å². The number of methoxy groups -OCH3 is 1. The number of carbonyl (C=O) groups is 1. The average molecular weight is 292 g/mol. The van der Waals surface area contributed by atoms with Crippen LogP contribution >= 0.6 is 0 Å². The average Bonchev–Trinajstić information content (AvgIpc) is 2.59. The summed E-state index contributed by atoms with van der Waals surface area (Å²) in [7, 11) is 1.37. The van der Waals surface area contributed by atoms with Gasteiger partial charge in [-0.15, -0.1) is 0 Å². The first kappa shape index (κ1) is 14.1. The monoisotopic (exact) mass is 292 g/mol. The molecule has 0 spiro atoms. The summed E-state index contributed by atoms with van der Waals surface area (Å²) in [5.41, 5.74) is 1.65. The van der Waals surface area contributed by atoms with E-state index in [9.17, 15) is 4.79 Å². The number of benzene rings is 3. The van der Waals surface area contributed by atoms with Crippen molar-refractivity contribution in [3.63, 3.8) is 0 Å². The predicted molar refractivity (Wildman–Crippen MR) is 86.1 cm³/mol. The van der Waals surface area contributed by atoms with E-state index < -0.39 is 0 Å². The molecule has 0 saturated carbocycles. The summed E-state index contributed by atoms with van der Waals surface area (Å²) in [5.74, 6) is 0.376. The fourth-order valence-corrected chi connectivity index (χ4v) is 2.38. The van der Waals surface area contributed by atoms with Crippen LogP contribution in [-0.2, 0) is 11.3 Å². The summed E-state index contributed by atoms with van der Waals surface area (Å²) in [6.07, 6.45) is 0. The second kappa shape index (κ2) is 6.31. The Balaban J connectivity index is 1.75. The third-order valence-corrected chi connectivity index (χ3v) is 3.55. The lowest BCUT2D eigenvalue weighted by Crippen LogP contribution is -2.01. The zero-order valence-corrected chi connectivity index (χ0v) is 12.3. The normalized spacial score (nSPS) is 10.4. The van der Waals surface area contributed by atoms with Crippen LogP contribution in [0.2, 0.25) is 0 Å². The van der Waals surface area contributed by atoms with Crippen LogP contribution in [-0.4, -0.2) is 13.1 Å². The maximum atomic E-state index is 11.4. The molecule has 3 rings (SSSR count). The van der Waals surface area contributed by atoms with Gasteiger partial charge in [0.05, 0.1) is 12.7 Å². The van der Waals surface area contributed by atoms with Crippen LogP contribution in [0.25, 0.3) is 10.8 Å². The maximum absolute atomic E-state index is 11.4. The van der Waals surface area contributed by atoms with E-state index in [1.807, 2.05) is 18.2 Å². The SMILES string of the molecule is COC(=O)c1ccc(OCc2cccc3ccccc23)cc1. The fourth-order valence-electron chi connectivity index (χ4n) is 2.38. The van der Waals surface area contributed by atoms with Gasteiger partial charge in [0, 0.05) is 0 Å². The van der Waals surface area contributed by atoms with Crippen LogP contribution in [0.3, 0.4) is 0 Å². The topological polar surface area (TPSA) is 35.5 Å². The smallest absolute Gasteiger partial charge is 0.337 e. The Hall–Kier alpha value is -2.81. The van der Waals surface area contributed by atoms with Crippen molar-refractivity contribution < 1.29 is 14.3 Å². The van der Waals surface area contributed by atoms with Crippen LogP contribution in [0, 0.1) is 0 Å². The lowest BCUT2D eigenvalue weighted by Gasteiger charge is -2.09. The van der Waals surface area contributed by atoms with E-state index in [1.165, 1.54) is 17.9 Å². The predicted octanol–water partition coefficient (Wildman–Crippen LogP) is 4.21. The molecule has 0 aromatic heterocycles. The van der Waals surface area contributed by atoms with Crippen LogP contribution < -0.4 is 4.74 Å². The molecule has 0 N–H and O–H groups in total. The molecule has 0 bridgehead atoms. The van der Waals surface area contributed by atoms with Gasteiger partial charge in [0.1, 0.15) is 12.4 Å². The van der Waals surface area contributed by atoms with Gasteiger partial charge < -0.3 is 9.47 Å². The Kier molecular flexibility index (Phi) is 4.05. The standard InChI is InChI=1S/C19H16O3/c1-21-19(20)15-9-11-17(12-10-15)22-13-16-7-4-6-14-5-2-3-8-18(14)16/h2-12H,13H2,1H3. The van der Waals surface area contributed by atoms with E-state index in [1.54, 1.807) is 24.3 Å². The summed E-state index contributed by atoms with van der Waals surface area (Å²) >= 11 is 0. The fraction of sp³-hybridized carbons (Fsp3) is 0.105. The van der Waals surface area contributed by atoms with Gasteiger partial charge in [0.25, 0.3) is 0 Å². The second-order valence-electron chi connectivity index (χ2n) is 4.94. The quantitative estimate of drug-likeness (QED) is 0.676. The number of hydrogen-bond donors (Lipinski definition) is 0. The van der Waals surface area contributed by atoms with Gasteiger partial charge in [-0.1, -0.05) is 42.5 Å².